The lowest BCUT2D eigenvalue weighted by molar-refractivity contribution is 0.0418. The summed E-state index contributed by atoms with van der Waals surface area (Å²) in [5, 5.41) is 0. The fourth-order valence-corrected chi connectivity index (χ4v) is 6.00. The maximum Gasteiger partial charge on any atom is -0.00816 e. The van der Waals surface area contributed by atoms with Crippen LogP contribution < -0.4 is 0 Å². The highest BCUT2D eigenvalue weighted by Crippen LogP contribution is 3.04. The van der Waals surface area contributed by atoms with Crippen molar-refractivity contribution in [3.05, 3.63) is 12.2 Å². The van der Waals surface area contributed by atoms with E-state index >= 15 is 0 Å². The summed E-state index contributed by atoms with van der Waals surface area (Å²) in [5.74, 6) is 2.00. The molecule has 3 unspecified atom stereocenters. The molecule has 0 heterocycles. The van der Waals surface area contributed by atoms with Crippen molar-refractivity contribution in [2.24, 2.45) is 28.1 Å². The molecule has 4 aliphatic carbocycles. The van der Waals surface area contributed by atoms with Crippen LogP contribution in [-0.4, -0.2) is 0 Å². The van der Waals surface area contributed by atoms with Gasteiger partial charge in [-0.3, -0.25) is 0 Å². The van der Waals surface area contributed by atoms with E-state index in [4.69, 9.17) is 0 Å². The zero-order valence-corrected chi connectivity index (χ0v) is 7.98. The summed E-state index contributed by atoms with van der Waals surface area (Å²) in [6, 6.07) is 0. The van der Waals surface area contributed by atoms with Crippen LogP contribution in [0.2, 0.25) is 0 Å². The van der Waals surface area contributed by atoms with Crippen LogP contribution in [0.4, 0.5) is 0 Å². The minimum atomic E-state index is 0.759. The van der Waals surface area contributed by atoms with Crippen molar-refractivity contribution in [1.82, 2.24) is 0 Å². The van der Waals surface area contributed by atoms with E-state index in [9.17, 15) is 0 Å². The summed E-state index contributed by atoms with van der Waals surface area (Å²) >= 11 is 0. The van der Waals surface area contributed by atoms with Crippen LogP contribution in [0.5, 0.6) is 0 Å². The van der Waals surface area contributed by atoms with Crippen LogP contribution in [0.25, 0.3) is 0 Å². The van der Waals surface area contributed by atoms with E-state index in [-0.39, 0.29) is 0 Å². The van der Waals surface area contributed by atoms with Gasteiger partial charge in [-0.05, 0) is 47.3 Å². The summed E-state index contributed by atoms with van der Waals surface area (Å²) in [7, 11) is 0. The van der Waals surface area contributed by atoms with Crippen molar-refractivity contribution in [1.29, 1.82) is 0 Å². The van der Waals surface area contributed by atoms with E-state index in [0.717, 1.165) is 28.1 Å². The van der Waals surface area contributed by atoms with Crippen LogP contribution in [0.1, 0.15) is 33.1 Å². The predicted octanol–water partition coefficient (Wildman–Crippen LogP) is 3.00. The Hall–Kier alpha value is -0.260. The number of hydrogen-bond acceptors (Lipinski definition) is 0. The lowest BCUT2D eigenvalue weighted by atomic mass is 9.59. The molecule has 4 aliphatic rings. The highest BCUT2D eigenvalue weighted by Gasteiger charge is 2.99. The van der Waals surface area contributed by atoms with Gasteiger partial charge in [-0.1, -0.05) is 26.0 Å². The molecule has 4 saturated carbocycles. The summed E-state index contributed by atoms with van der Waals surface area (Å²) in [6.45, 7) is 9.31. The molecule has 0 bridgehead atoms. The molecule has 12 heavy (non-hydrogen) atoms. The van der Waals surface area contributed by atoms with Gasteiger partial charge in [0.05, 0.1) is 0 Å². The molecule has 1 spiro atoms. The van der Waals surface area contributed by atoms with Crippen LogP contribution >= 0.6 is 0 Å². The highest BCUT2D eigenvalue weighted by molar-refractivity contribution is 5.51. The van der Waals surface area contributed by atoms with E-state index in [0.29, 0.717) is 0 Å². The molecule has 64 valence electrons. The summed E-state index contributed by atoms with van der Waals surface area (Å²) < 4.78 is 0. The third-order valence-electron chi connectivity index (χ3n) is 6.44. The Morgan fingerprint density at radius 2 is 1.92 bits per heavy atom. The second-order valence-corrected chi connectivity index (χ2v) is 6.05. The van der Waals surface area contributed by atoms with Gasteiger partial charge in [-0.2, -0.15) is 0 Å². The molecule has 4 fully saturated rings. The van der Waals surface area contributed by atoms with Crippen molar-refractivity contribution in [2.75, 3.05) is 0 Å². The number of allylic oxidation sites excluding steroid dienone is 1. The fraction of sp³-hybridized carbons (Fsp3) is 0.833. The molecule has 0 nitrogen and oxygen atoms in total. The van der Waals surface area contributed by atoms with Gasteiger partial charge in [0, 0.05) is 0 Å². The second-order valence-electron chi connectivity index (χ2n) is 6.05. The zero-order chi connectivity index (χ0) is 8.35. The lowest BCUT2D eigenvalue weighted by Gasteiger charge is -2.44. The Labute approximate surface area is 74.0 Å². The minimum Gasteiger partial charge on any atom is -0.0995 e. The van der Waals surface area contributed by atoms with E-state index in [1.165, 1.54) is 19.3 Å². The summed E-state index contributed by atoms with van der Waals surface area (Å²) in [4.78, 5) is 0. The molecule has 0 N–H and O–H groups in total. The van der Waals surface area contributed by atoms with Crippen molar-refractivity contribution in [3.63, 3.8) is 0 Å². The first-order valence-corrected chi connectivity index (χ1v) is 5.25. The second kappa shape index (κ2) is 1.15. The van der Waals surface area contributed by atoms with Crippen molar-refractivity contribution in [2.45, 2.75) is 33.1 Å². The zero-order valence-electron chi connectivity index (χ0n) is 7.98. The molecule has 0 heteroatoms. The molecule has 0 radical (unpaired) electrons. The Morgan fingerprint density at radius 1 is 1.25 bits per heavy atom. The van der Waals surface area contributed by atoms with Crippen molar-refractivity contribution in [3.8, 4) is 0 Å². The third kappa shape index (κ3) is 0.248. The standard InChI is InChI=1S/C12H16/c1-7-4-8-5-10(2)11(3)6-9(7)12(8,10)11/h8-9H,1,4-6H2,2-3H3/t8-,9-,10?,11?,12?/m1/s1. The molecule has 0 aliphatic heterocycles. The van der Waals surface area contributed by atoms with Crippen LogP contribution in [0.3, 0.4) is 0 Å². The maximum absolute atomic E-state index is 4.25. The van der Waals surface area contributed by atoms with Crippen LogP contribution in [0, 0.1) is 28.1 Å². The fourth-order valence-electron chi connectivity index (χ4n) is 6.00. The normalized spacial score (nSPS) is 75.7. The monoisotopic (exact) mass is 160 g/mol. The maximum atomic E-state index is 4.25. The van der Waals surface area contributed by atoms with Crippen molar-refractivity contribution >= 4 is 0 Å². The SMILES string of the molecule is C=C1C[C@@H]2CC3(C)C4(C)C[C@H]1C234. The average Bonchev–Trinajstić information content (AvgIpc) is 2.17. The first kappa shape index (κ1) is 6.23. The Bertz CT molecular complexity index is 319. The molecular weight excluding hydrogens is 144 g/mol. The topological polar surface area (TPSA) is 0 Å². The van der Waals surface area contributed by atoms with E-state index < -0.39 is 0 Å². The van der Waals surface area contributed by atoms with Crippen LogP contribution in [0.15, 0.2) is 12.2 Å². The molecule has 4 rings (SSSR count). The first-order chi connectivity index (χ1) is 5.58. The summed E-state index contributed by atoms with van der Waals surface area (Å²) in [5.41, 5.74) is 3.92. The number of fused-ring (bicyclic) bond motifs is 1. The number of hydrogen-bond donors (Lipinski definition) is 0. The first-order valence-electron chi connectivity index (χ1n) is 5.25. The predicted molar refractivity (Wildman–Crippen MR) is 48.6 cm³/mol. The van der Waals surface area contributed by atoms with Gasteiger partial charge in [0.15, 0.2) is 0 Å². The Morgan fingerprint density at radius 3 is 2.33 bits per heavy atom. The smallest absolute Gasteiger partial charge is 0.00816 e. The van der Waals surface area contributed by atoms with Gasteiger partial charge >= 0.3 is 0 Å². The lowest BCUT2D eigenvalue weighted by Crippen LogP contribution is -2.39. The molecule has 0 saturated heterocycles. The molecule has 5 atom stereocenters. The van der Waals surface area contributed by atoms with E-state index in [2.05, 4.69) is 20.4 Å². The molecule has 0 aromatic heterocycles. The molecule has 0 aromatic carbocycles. The quantitative estimate of drug-likeness (QED) is 0.478. The van der Waals surface area contributed by atoms with Gasteiger partial charge in [0.25, 0.3) is 0 Å². The minimum absolute atomic E-state index is 0.759. The van der Waals surface area contributed by atoms with Crippen molar-refractivity contribution < 1.29 is 0 Å². The molecular formula is C12H16. The number of rotatable bonds is 0. The highest BCUT2D eigenvalue weighted by atomic mass is 15.0. The van der Waals surface area contributed by atoms with Gasteiger partial charge in [-0.25, -0.2) is 0 Å². The van der Waals surface area contributed by atoms with Gasteiger partial charge in [-0.15, -0.1) is 0 Å². The average molecular weight is 160 g/mol. The van der Waals surface area contributed by atoms with E-state index in [1.807, 2.05) is 0 Å². The summed E-state index contributed by atoms with van der Waals surface area (Å²) in [6.07, 6.45) is 4.35. The Balaban J connectivity index is 1.96. The Kier molecular flexibility index (Phi) is 0.598. The van der Waals surface area contributed by atoms with Gasteiger partial charge < -0.3 is 0 Å². The van der Waals surface area contributed by atoms with E-state index in [1.54, 1.807) is 5.57 Å². The molecule has 0 amide bonds. The molecule has 0 aromatic rings. The largest absolute Gasteiger partial charge is 0.0995 e. The van der Waals surface area contributed by atoms with Gasteiger partial charge in [0.1, 0.15) is 0 Å². The van der Waals surface area contributed by atoms with Gasteiger partial charge in [0.2, 0.25) is 0 Å². The van der Waals surface area contributed by atoms with Crippen LogP contribution in [-0.2, 0) is 0 Å². The third-order valence-corrected chi connectivity index (χ3v) is 6.44.